The number of phenolic OH excluding ortho intramolecular Hbond substituents is 1. The molecule has 0 aliphatic heterocycles. The molecule has 6 nitrogen and oxygen atoms in total. The number of amides is 2. The molecule has 0 saturated carbocycles. The molecule has 1 aromatic heterocycles. The fraction of sp³-hybridized carbons (Fsp3) is 0.118. The highest BCUT2D eigenvalue weighted by Crippen LogP contribution is 2.37. The highest BCUT2D eigenvalue weighted by molar-refractivity contribution is 7.82. The van der Waals surface area contributed by atoms with Gasteiger partial charge in [-0.25, -0.2) is 14.1 Å². The Kier molecular flexibility index (Phi) is 5.41. The molecule has 0 bridgehead atoms. The number of halogens is 2. The van der Waals surface area contributed by atoms with Crippen LogP contribution in [-0.4, -0.2) is 27.7 Å². The minimum atomic E-state index is -0.391. The largest absolute Gasteiger partial charge is 0.505 e. The van der Waals surface area contributed by atoms with Gasteiger partial charge in [0.2, 0.25) is 0 Å². The number of hydrogen-bond acceptors (Lipinski definition) is 5. The molecule has 1 heterocycles. The van der Waals surface area contributed by atoms with Crippen LogP contribution in [0.2, 0.25) is 10.0 Å². The third kappa shape index (κ3) is 3.65. The SMILES string of the molecule is CCNC(=O)N(S)c1cnc2ccc(-c3cc(Cl)c(O)c(Cl)c3)cc2n1. The van der Waals surface area contributed by atoms with Crippen molar-refractivity contribution in [2.75, 3.05) is 10.8 Å². The monoisotopic (exact) mass is 408 g/mol. The van der Waals surface area contributed by atoms with Gasteiger partial charge in [-0.15, -0.1) is 0 Å². The normalized spacial score (nSPS) is 10.8. The summed E-state index contributed by atoms with van der Waals surface area (Å²) in [4.78, 5) is 20.6. The Morgan fingerprint density at radius 1 is 1.19 bits per heavy atom. The lowest BCUT2D eigenvalue weighted by atomic mass is 10.0. The average Bonchev–Trinajstić information content (AvgIpc) is 2.64. The Balaban J connectivity index is 2.03. The van der Waals surface area contributed by atoms with Crippen LogP contribution in [0.4, 0.5) is 10.6 Å². The van der Waals surface area contributed by atoms with Crippen molar-refractivity contribution in [2.45, 2.75) is 6.92 Å². The van der Waals surface area contributed by atoms with E-state index >= 15 is 0 Å². The van der Waals surface area contributed by atoms with Gasteiger partial charge in [0, 0.05) is 6.54 Å². The Labute approximate surface area is 165 Å². The highest BCUT2D eigenvalue weighted by Gasteiger charge is 2.14. The van der Waals surface area contributed by atoms with E-state index in [9.17, 15) is 9.90 Å². The molecule has 26 heavy (non-hydrogen) atoms. The molecule has 134 valence electrons. The van der Waals surface area contributed by atoms with E-state index < -0.39 is 6.03 Å². The molecule has 9 heteroatoms. The molecule has 3 aromatic rings. The van der Waals surface area contributed by atoms with Gasteiger partial charge in [-0.3, -0.25) is 4.98 Å². The second-order valence-corrected chi connectivity index (χ2v) is 6.58. The van der Waals surface area contributed by atoms with Crippen molar-refractivity contribution in [1.82, 2.24) is 15.3 Å². The number of thiol groups is 1. The van der Waals surface area contributed by atoms with E-state index in [0.717, 1.165) is 15.4 Å². The summed E-state index contributed by atoms with van der Waals surface area (Å²) in [5, 5.41) is 12.7. The van der Waals surface area contributed by atoms with Gasteiger partial charge < -0.3 is 10.4 Å². The molecule has 0 atom stereocenters. The number of phenols is 1. The number of aromatic hydroxyl groups is 1. The Hall–Kier alpha value is -2.22. The Bertz CT molecular complexity index is 977. The van der Waals surface area contributed by atoms with Crippen LogP contribution in [0.25, 0.3) is 22.2 Å². The number of anilines is 1. The summed E-state index contributed by atoms with van der Waals surface area (Å²) in [7, 11) is 0. The predicted octanol–water partition coefficient (Wildman–Crippen LogP) is 4.69. The maximum absolute atomic E-state index is 11.9. The van der Waals surface area contributed by atoms with Crippen molar-refractivity contribution in [2.24, 2.45) is 0 Å². The molecule has 0 aliphatic rings. The van der Waals surface area contributed by atoms with Crippen LogP contribution in [0.1, 0.15) is 6.92 Å². The number of nitrogens with zero attached hydrogens (tertiary/aromatic N) is 3. The van der Waals surface area contributed by atoms with Crippen molar-refractivity contribution in [3.8, 4) is 16.9 Å². The maximum atomic E-state index is 11.9. The molecule has 2 amide bonds. The number of carbonyl (C=O) groups is 1. The van der Waals surface area contributed by atoms with Crippen LogP contribution >= 0.6 is 36.0 Å². The van der Waals surface area contributed by atoms with Gasteiger partial charge in [-0.05, 0) is 42.3 Å². The standard InChI is InChI=1S/C17H14Cl2N4O2S/c1-2-20-17(25)23(26)15-8-21-13-4-3-9(7-14(13)22-15)10-5-11(18)16(24)12(19)6-10/h3-8,24,26H,2H2,1H3,(H,20,25). The lowest BCUT2D eigenvalue weighted by Crippen LogP contribution is -2.34. The van der Waals surface area contributed by atoms with E-state index in [1.807, 2.05) is 13.0 Å². The summed E-state index contributed by atoms with van der Waals surface area (Å²) >= 11 is 16.2. The quantitative estimate of drug-likeness (QED) is 0.549. The lowest BCUT2D eigenvalue weighted by Gasteiger charge is -2.15. The average molecular weight is 409 g/mol. The van der Waals surface area contributed by atoms with E-state index in [0.29, 0.717) is 23.4 Å². The van der Waals surface area contributed by atoms with Crippen LogP contribution in [0, 0.1) is 0 Å². The zero-order valence-electron chi connectivity index (χ0n) is 13.6. The summed E-state index contributed by atoms with van der Waals surface area (Å²) in [5.41, 5.74) is 2.74. The zero-order chi connectivity index (χ0) is 18.8. The van der Waals surface area contributed by atoms with E-state index in [1.54, 1.807) is 24.3 Å². The van der Waals surface area contributed by atoms with Crippen molar-refractivity contribution < 1.29 is 9.90 Å². The first-order valence-electron chi connectivity index (χ1n) is 7.62. The molecular formula is C17H14Cl2N4O2S. The van der Waals surface area contributed by atoms with Crippen molar-refractivity contribution in [1.29, 1.82) is 0 Å². The second-order valence-electron chi connectivity index (χ2n) is 5.37. The summed E-state index contributed by atoms with van der Waals surface area (Å²) in [6.07, 6.45) is 1.47. The van der Waals surface area contributed by atoms with E-state index in [4.69, 9.17) is 23.2 Å². The molecule has 0 spiro atoms. The fourth-order valence-electron chi connectivity index (χ4n) is 2.35. The number of hydrogen-bond donors (Lipinski definition) is 3. The van der Waals surface area contributed by atoms with Crippen LogP contribution in [0.5, 0.6) is 5.75 Å². The van der Waals surface area contributed by atoms with Gasteiger partial charge in [0.15, 0.2) is 11.6 Å². The third-order valence-electron chi connectivity index (χ3n) is 3.62. The van der Waals surface area contributed by atoms with Gasteiger partial charge in [-0.1, -0.05) is 42.1 Å². The second kappa shape index (κ2) is 7.57. The lowest BCUT2D eigenvalue weighted by molar-refractivity contribution is 0.250. The Morgan fingerprint density at radius 2 is 1.88 bits per heavy atom. The molecule has 0 unspecified atom stereocenters. The number of rotatable bonds is 3. The van der Waals surface area contributed by atoms with Crippen molar-refractivity contribution in [3.05, 3.63) is 46.6 Å². The minimum Gasteiger partial charge on any atom is -0.505 e. The molecular weight excluding hydrogens is 395 g/mol. The molecule has 3 rings (SSSR count). The fourth-order valence-corrected chi connectivity index (χ4v) is 3.00. The number of urea groups is 1. The van der Waals surface area contributed by atoms with Crippen LogP contribution in [0.15, 0.2) is 36.5 Å². The highest BCUT2D eigenvalue weighted by atomic mass is 35.5. The van der Waals surface area contributed by atoms with Crippen molar-refractivity contribution >= 4 is 58.9 Å². The summed E-state index contributed by atoms with van der Waals surface area (Å²) in [6.45, 7) is 2.29. The van der Waals surface area contributed by atoms with Gasteiger partial charge >= 0.3 is 6.03 Å². The number of fused-ring (bicyclic) bond motifs is 1. The third-order valence-corrected chi connectivity index (χ3v) is 4.58. The van der Waals surface area contributed by atoms with Gasteiger partial charge in [-0.2, -0.15) is 0 Å². The zero-order valence-corrected chi connectivity index (χ0v) is 16.0. The number of carbonyl (C=O) groups excluding carboxylic acids is 1. The van der Waals surface area contributed by atoms with Crippen LogP contribution in [0.3, 0.4) is 0 Å². The predicted molar refractivity (Wildman–Crippen MR) is 107 cm³/mol. The van der Waals surface area contributed by atoms with Crippen LogP contribution < -0.4 is 9.62 Å². The molecule has 0 aliphatic carbocycles. The topological polar surface area (TPSA) is 78.4 Å². The van der Waals surface area contributed by atoms with E-state index in [-0.39, 0.29) is 15.8 Å². The summed E-state index contributed by atoms with van der Waals surface area (Å²) in [5.74, 6) is 0.137. The van der Waals surface area contributed by atoms with Gasteiger partial charge in [0.1, 0.15) is 0 Å². The number of benzene rings is 2. The first-order valence-corrected chi connectivity index (χ1v) is 8.78. The van der Waals surface area contributed by atoms with Gasteiger partial charge in [0.05, 0.1) is 27.3 Å². The molecule has 0 radical (unpaired) electrons. The molecule has 0 saturated heterocycles. The van der Waals surface area contributed by atoms with Crippen LogP contribution in [-0.2, 0) is 0 Å². The molecule has 0 fully saturated rings. The van der Waals surface area contributed by atoms with Crippen molar-refractivity contribution in [3.63, 3.8) is 0 Å². The number of nitrogens with one attached hydrogen (secondary N) is 1. The summed E-state index contributed by atoms with van der Waals surface area (Å²) < 4.78 is 1.09. The van der Waals surface area contributed by atoms with E-state index in [2.05, 4.69) is 28.1 Å². The molecule has 2 aromatic carbocycles. The van der Waals surface area contributed by atoms with E-state index in [1.165, 1.54) is 6.20 Å². The first-order chi connectivity index (χ1) is 12.4. The molecule has 2 N–H and O–H groups in total. The minimum absolute atomic E-state index is 0.158. The summed E-state index contributed by atoms with van der Waals surface area (Å²) in [6, 6.07) is 8.27. The number of aromatic nitrogens is 2. The Morgan fingerprint density at radius 3 is 2.54 bits per heavy atom. The first kappa shape index (κ1) is 18.6. The maximum Gasteiger partial charge on any atom is 0.333 e. The van der Waals surface area contributed by atoms with Gasteiger partial charge in [0.25, 0.3) is 0 Å². The smallest absolute Gasteiger partial charge is 0.333 e.